The zero-order valence-electron chi connectivity index (χ0n) is 26.6. The Hall–Kier alpha value is -7.78. The number of benzene rings is 5. The van der Waals surface area contributed by atoms with E-state index in [1.54, 1.807) is 0 Å². The van der Waals surface area contributed by atoms with E-state index in [1.165, 1.54) is 24.3 Å². The molecule has 0 amide bonds. The highest BCUT2D eigenvalue weighted by Gasteiger charge is 2.34. The summed E-state index contributed by atoms with van der Waals surface area (Å²) in [6.07, 6.45) is -0.376. The molecule has 54 heavy (non-hydrogen) atoms. The van der Waals surface area contributed by atoms with Gasteiger partial charge in [-0.05, 0) is 80.6 Å². The Balaban J connectivity index is 1.53. The van der Waals surface area contributed by atoms with Crippen LogP contribution in [0, 0.1) is 100 Å². The van der Waals surface area contributed by atoms with E-state index in [2.05, 4.69) is 14.5 Å². The summed E-state index contributed by atoms with van der Waals surface area (Å²) in [5.74, 6) is -14.9. The number of nitriles is 3. The fourth-order valence-electron chi connectivity index (χ4n) is 7.21. The van der Waals surface area contributed by atoms with Gasteiger partial charge in [0.15, 0.2) is 46.5 Å². The maximum atomic E-state index is 15.1. The molecule has 0 bridgehead atoms. The zero-order chi connectivity index (χ0) is 38.9. The van der Waals surface area contributed by atoms with Crippen molar-refractivity contribution in [1.82, 2.24) is 0 Å². The molecule has 0 saturated heterocycles. The van der Waals surface area contributed by atoms with E-state index in [0.717, 1.165) is 18.2 Å². The van der Waals surface area contributed by atoms with Gasteiger partial charge in [-0.3, -0.25) is 0 Å². The van der Waals surface area contributed by atoms with Crippen LogP contribution in [0.1, 0.15) is 27.8 Å². The molecule has 0 heterocycles. The van der Waals surface area contributed by atoms with Crippen molar-refractivity contribution >= 4 is 17.1 Å². The van der Waals surface area contributed by atoms with Gasteiger partial charge in [0.1, 0.15) is 11.6 Å². The van der Waals surface area contributed by atoms with Crippen molar-refractivity contribution in [3.05, 3.63) is 155 Å². The molecule has 5 aromatic rings. The quantitative estimate of drug-likeness (QED) is 0.101. The van der Waals surface area contributed by atoms with Gasteiger partial charge in [-0.1, -0.05) is 24.3 Å². The van der Waals surface area contributed by atoms with Crippen LogP contribution in [-0.4, -0.2) is 0 Å². The van der Waals surface area contributed by atoms with E-state index in [0.29, 0.717) is 0 Å². The van der Waals surface area contributed by atoms with Gasteiger partial charge in [-0.15, -0.1) is 0 Å². The Kier molecular flexibility index (Phi) is 8.00. The summed E-state index contributed by atoms with van der Waals surface area (Å²) in [5.41, 5.74) is -4.81. The number of nitrogens with zero attached hydrogens (tertiary/aromatic N) is 6. The molecule has 6 nitrogen and oxygen atoms in total. The van der Waals surface area contributed by atoms with Gasteiger partial charge in [-0.2, -0.15) is 5.26 Å². The molecule has 2 aliphatic rings. The number of hydrogen-bond acceptors (Lipinski definition) is 3. The molecule has 5 aromatic carbocycles. The summed E-state index contributed by atoms with van der Waals surface area (Å²) >= 11 is 0. The van der Waals surface area contributed by atoms with Crippen molar-refractivity contribution in [1.29, 1.82) is 15.8 Å². The third kappa shape index (κ3) is 4.59. The van der Waals surface area contributed by atoms with Crippen LogP contribution >= 0.6 is 0 Å². The van der Waals surface area contributed by atoms with Crippen LogP contribution < -0.4 is 10.4 Å². The lowest BCUT2D eigenvalue weighted by molar-refractivity contribution is 0.454. The molecule has 2 aliphatic carbocycles. The third-order valence-corrected chi connectivity index (χ3v) is 9.40. The molecule has 0 atom stereocenters. The maximum Gasteiger partial charge on any atom is 0.269 e. The smallest absolute Gasteiger partial charge is 0.232 e. The van der Waals surface area contributed by atoms with Crippen molar-refractivity contribution in [2.45, 2.75) is 12.8 Å². The number of rotatable bonds is 2. The second kappa shape index (κ2) is 12.5. The van der Waals surface area contributed by atoms with Crippen LogP contribution in [0.2, 0.25) is 0 Å². The first-order valence-electron chi connectivity index (χ1n) is 15.2. The average Bonchev–Trinajstić information content (AvgIpc) is 3.73. The SMILES string of the molecule is [C-]#[N+]/C(C#N)=c1/c2c(/c(=C(\C#N)[N+]#[C-])c3c1-c1ccc(-c4c(F)c(F)c([N+]#[C-])c(F)c4F)cc1C3)-c1ccc(-c3c(F)c(F)c(C#N)c(F)c3F)cc1C2. The Labute approximate surface area is 298 Å². The normalized spacial score (nSPS) is 12.8. The van der Waals surface area contributed by atoms with Crippen molar-refractivity contribution in [3.8, 4) is 62.7 Å². The standard InChI is InChI=1S/C40H10F8N6/c1-52-24(13-50)30-21-10-17-8-15(26-34(43)32(41)23(12-49)33(42)35(26)44)4-6-19(17)28(21)31(25(14-51)53-2)22-11-18-9-16(5-7-20(18)29(22)30)27-36(45)38(47)40(54-3)39(48)37(27)46/h4-9H,10-11H2/b30-24-,31-25+. The summed E-state index contributed by atoms with van der Waals surface area (Å²) in [7, 11) is 0. The van der Waals surface area contributed by atoms with Crippen LogP contribution in [0.25, 0.3) is 70.4 Å². The fourth-order valence-corrected chi connectivity index (χ4v) is 7.21. The summed E-state index contributed by atoms with van der Waals surface area (Å²) in [6.45, 7) is 22.5. The number of halogens is 8. The van der Waals surface area contributed by atoms with E-state index in [9.17, 15) is 28.1 Å². The lowest BCUT2D eigenvalue weighted by Gasteiger charge is -2.14. The van der Waals surface area contributed by atoms with E-state index < -0.39 is 80.3 Å². The highest BCUT2D eigenvalue weighted by Crippen LogP contribution is 2.44. The van der Waals surface area contributed by atoms with E-state index >= 15 is 17.6 Å². The van der Waals surface area contributed by atoms with Gasteiger partial charge in [-0.25, -0.2) is 60.2 Å². The fraction of sp³-hybridized carbons (Fsp3) is 0.0500. The largest absolute Gasteiger partial charge is 0.269 e. The average molecular weight is 727 g/mol. The summed E-state index contributed by atoms with van der Waals surface area (Å²) in [4.78, 5) is 9.30. The molecule has 0 N–H and O–H groups in total. The highest BCUT2D eigenvalue weighted by atomic mass is 19.2. The minimum Gasteiger partial charge on any atom is -0.232 e. The number of fused-ring (bicyclic) bond motifs is 6. The molecule has 0 aromatic heterocycles. The monoisotopic (exact) mass is 726 g/mol. The van der Waals surface area contributed by atoms with Gasteiger partial charge in [0, 0.05) is 10.4 Å². The minimum absolute atomic E-state index is 0.0384. The van der Waals surface area contributed by atoms with Gasteiger partial charge >= 0.3 is 0 Å². The molecule has 0 radical (unpaired) electrons. The number of hydrogen-bond donors (Lipinski definition) is 0. The predicted molar refractivity (Wildman–Crippen MR) is 175 cm³/mol. The van der Waals surface area contributed by atoms with Crippen LogP contribution in [-0.2, 0) is 12.8 Å². The molecule has 7 rings (SSSR count). The van der Waals surface area contributed by atoms with Gasteiger partial charge in [0.05, 0.1) is 43.0 Å². The molecule has 0 fully saturated rings. The first-order valence-corrected chi connectivity index (χ1v) is 15.2. The van der Waals surface area contributed by atoms with Crippen LogP contribution in [0.15, 0.2) is 36.4 Å². The summed E-state index contributed by atoms with van der Waals surface area (Å²) in [5, 5.41) is 29.3. The van der Waals surface area contributed by atoms with Crippen molar-refractivity contribution in [2.75, 3.05) is 0 Å². The zero-order valence-corrected chi connectivity index (χ0v) is 26.6. The Morgan fingerprint density at radius 3 is 1.26 bits per heavy atom. The second-order valence-corrected chi connectivity index (χ2v) is 11.9. The molecule has 0 saturated carbocycles. The van der Waals surface area contributed by atoms with Crippen LogP contribution in [0.5, 0.6) is 0 Å². The van der Waals surface area contributed by atoms with Crippen molar-refractivity contribution in [3.63, 3.8) is 0 Å². The van der Waals surface area contributed by atoms with Gasteiger partial charge in [0.25, 0.3) is 17.1 Å². The lowest BCUT2D eigenvalue weighted by atomic mass is 9.90. The van der Waals surface area contributed by atoms with E-state index in [1.807, 2.05) is 12.1 Å². The molecule has 0 aliphatic heterocycles. The second-order valence-electron chi connectivity index (χ2n) is 11.9. The van der Waals surface area contributed by atoms with Crippen LogP contribution in [0.3, 0.4) is 0 Å². The van der Waals surface area contributed by atoms with Gasteiger partial charge in [0.2, 0.25) is 0 Å². The minimum atomic E-state index is -1.91. The maximum absolute atomic E-state index is 15.1. The Bertz CT molecular complexity index is 2760. The Morgan fingerprint density at radius 2 is 0.926 bits per heavy atom. The van der Waals surface area contributed by atoms with Crippen molar-refractivity contribution < 1.29 is 35.1 Å². The molecule has 256 valence electrons. The highest BCUT2D eigenvalue weighted by molar-refractivity contribution is 5.94. The van der Waals surface area contributed by atoms with E-state index in [4.69, 9.17) is 25.0 Å². The molecular weight excluding hydrogens is 716 g/mol. The van der Waals surface area contributed by atoms with Crippen LogP contribution in [0.4, 0.5) is 40.8 Å². The summed E-state index contributed by atoms with van der Waals surface area (Å²) in [6, 6.07) is 12.0. The Morgan fingerprint density at radius 1 is 0.537 bits per heavy atom. The third-order valence-electron chi connectivity index (χ3n) is 9.40. The topological polar surface area (TPSA) is 84.4 Å². The van der Waals surface area contributed by atoms with Gasteiger partial charge < -0.3 is 0 Å². The summed E-state index contributed by atoms with van der Waals surface area (Å²) < 4.78 is 119. The first kappa shape index (κ1) is 34.7. The predicted octanol–water partition coefficient (Wildman–Crippen LogP) is 8.80. The lowest BCUT2D eigenvalue weighted by Crippen LogP contribution is -2.25. The molecule has 0 spiro atoms. The molecule has 0 unspecified atom stereocenters. The first-order chi connectivity index (χ1) is 25.9. The molecule has 14 heteroatoms. The molecular formula is C40H10F8N6. The van der Waals surface area contributed by atoms with Crippen molar-refractivity contribution in [2.24, 2.45) is 0 Å². The van der Waals surface area contributed by atoms with E-state index in [-0.39, 0.29) is 78.9 Å².